The van der Waals surface area contributed by atoms with E-state index in [0.717, 1.165) is 0 Å². The summed E-state index contributed by atoms with van der Waals surface area (Å²) >= 11 is 0. The van der Waals surface area contributed by atoms with Gasteiger partial charge in [-0.15, -0.1) is 0 Å². The van der Waals surface area contributed by atoms with Crippen LogP contribution in [0.3, 0.4) is 0 Å². The Balaban J connectivity index is 2.74. The first-order valence-electron chi connectivity index (χ1n) is 4.34. The van der Waals surface area contributed by atoms with Gasteiger partial charge in [0.2, 0.25) is 0 Å². The molecular weight excluding hydrogens is 196 g/mol. The maximum absolute atomic E-state index is 11.0. The second kappa shape index (κ2) is 3.28. The molecule has 0 saturated carbocycles. The molecule has 1 unspecified atom stereocenters. The van der Waals surface area contributed by atoms with E-state index in [1.54, 1.807) is 11.5 Å². The van der Waals surface area contributed by atoms with Gasteiger partial charge in [0.1, 0.15) is 11.8 Å². The largest absolute Gasteiger partial charge is 0.364 e. The van der Waals surface area contributed by atoms with Gasteiger partial charge in [-0.3, -0.25) is 9.36 Å². The monoisotopic (exact) mass is 206 g/mol. The maximum atomic E-state index is 11.0. The number of hydrogen-bond acceptors (Lipinski definition) is 5. The summed E-state index contributed by atoms with van der Waals surface area (Å²) in [5, 5.41) is 0. The fraction of sp³-hybridized carbons (Fsp3) is 0.250. The summed E-state index contributed by atoms with van der Waals surface area (Å²) in [6.45, 7) is 1.78. The third kappa shape index (κ3) is 1.42. The number of hydrogen-bond donors (Lipinski definition) is 2. The lowest BCUT2D eigenvalue weighted by Gasteiger charge is -2.06. The van der Waals surface area contributed by atoms with Crippen molar-refractivity contribution >= 4 is 17.1 Å². The fourth-order valence-corrected chi connectivity index (χ4v) is 1.33. The summed E-state index contributed by atoms with van der Waals surface area (Å²) in [4.78, 5) is 22.8. The number of rotatable bonds is 2. The van der Waals surface area contributed by atoms with Crippen LogP contribution in [0.25, 0.3) is 11.2 Å². The molecule has 0 bridgehead atoms. The lowest BCUT2D eigenvalue weighted by molar-refractivity contribution is 0.0997. The number of aromatic nitrogens is 4. The van der Waals surface area contributed by atoms with Crippen molar-refractivity contribution in [3.8, 4) is 0 Å². The van der Waals surface area contributed by atoms with Gasteiger partial charge in [0.05, 0.1) is 12.5 Å². The van der Waals surface area contributed by atoms with Crippen LogP contribution in [0.5, 0.6) is 0 Å². The van der Waals surface area contributed by atoms with E-state index < -0.39 is 5.91 Å². The molecule has 0 spiro atoms. The van der Waals surface area contributed by atoms with Crippen molar-refractivity contribution in [2.24, 2.45) is 11.5 Å². The van der Waals surface area contributed by atoms with Crippen molar-refractivity contribution in [1.82, 2.24) is 19.5 Å². The Kier molecular flexibility index (Phi) is 2.09. The van der Waals surface area contributed by atoms with Gasteiger partial charge in [-0.2, -0.15) is 0 Å². The molecule has 7 heteroatoms. The van der Waals surface area contributed by atoms with Gasteiger partial charge in [0, 0.05) is 0 Å². The SMILES string of the molecule is CC(N)n1cnc2c(C(N)=O)ncnc21. The van der Waals surface area contributed by atoms with Gasteiger partial charge >= 0.3 is 0 Å². The predicted octanol–water partition coefficient (Wildman–Crippen LogP) is -0.598. The molecule has 0 aliphatic carbocycles. The molecule has 4 N–H and O–H groups in total. The van der Waals surface area contributed by atoms with Crippen molar-refractivity contribution in [2.75, 3.05) is 0 Å². The number of nitrogens with two attached hydrogens (primary N) is 2. The van der Waals surface area contributed by atoms with Gasteiger partial charge in [0.25, 0.3) is 5.91 Å². The van der Waals surface area contributed by atoms with Crippen LogP contribution in [0.1, 0.15) is 23.6 Å². The van der Waals surface area contributed by atoms with E-state index in [2.05, 4.69) is 15.0 Å². The van der Waals surface area contributed by atoms with Crippen LogP contribution in [0.15, 0.2) is 12.7 Å². The zero-order valence-electron chi connectivity index (χ0n) is 8.08. The summed E-state index contributed by atoms with van der Waals surface area (Å²) < 4.78 is 1.64. The lowest BCUT2D eigenvalue weighted by atomic mass is 10.3. The minimum absolute atomic E-state index is 0.111. The van der Waals surface area contributed by atoms with Crippen molar-refractivity contribution in [3.63, 3.8) is 0 Å². The number of amides is 1. The van der Waals surface area contributed by atoms with E-state index in [1.807, 2.05) is 0 Å². The highest BCUT2D eigenvalue weighted by molar-refractivity contribution is 6.01. The first-order chi connectivity index (χ1) is 7.11. The molecule has 2 heterocycles. The molecule has 78 valence electrons. The molecule has 0 fully saturated rings. The van der Waals surface area contributed by atoms with Gasteiger partial charge in [-0.25, -0.2) is 15.0 Å². The topological polar surface area (TPSA) is 113 Å². The van der Waals surface area contributed by atoms with Gasteiger partial charge in [-0.05, 0) is 6.92 Å². The van der Waals surface area contributed by atoms with Crippen molar-refractivity contribution in [2.45, 2.75) is 13.1 Å². The number of carbonyl (C=O) groups excluding carboxylic acids is 1. The van der Waals surface area contributed by atoms with E-state index >= 15 is 0 Å². The Morgan fingerprint density at radius 2 is 2.20 bits per heavy atom. The van der Waals surface area contributed by atoms with E-state index in [4.69, 9.17) is 11.5 Å². The fourth-order valence-electron chi connectivity index (χ4n) is 1.33. The molecule has 0 aliphatic rings. The molecule has 1 amide bonds. The average molecular weight is 206 g/mol. The predicted molar refractivity (Wildman–Crippen MR) is 52.7 cm³/mol. The molecule has 7 nitrogen and oxygen atoms in total. The Hall–Kier alpha value is -2.02. The summed E-state index contributed by atoms with van der Waals surface area (Å²) in [6.07, 6.45) is 2.50. The number of primary amides is 1. The number of nitrogens with zero attached hydrogens (tertiary/aromatic N) is 4. The minimum atomic E-state index is -0.627. The molecular formula is C8H10N6O. The Morgan fingerprint density at radius 1 is 1.47 bits per heavy atom. The molecule has 2 rings (SSSR count). The second-order valence-electron chi connectivity index (χ2n) is 3.15. The Labute approximate surface area is 85.1 Å². The second-order valence-corrected chi connectivity index (χ2v) is 3.15. The van der Waals surface area contributed by atoms with Crippen molar-refractivity contribution < 1.29 is 4.79 Å². The van der Waals surface area contributed by atoms with Crippen LogP contribution >= 0.6 is 0 Å². The van der Waals surface area contributed by atoms with E-state index in [0.29, 0.717) is 11.2 Å². The van der Waals surface area contributed by atoms with Crippen molar-refractivity contribution in [1.29, 1.82) is 0 Å². The summed E-state index contributed by atoms with van der Waals surface area (Å²) in [6, 6.07) is 0. The smallest absolute Gasteiger partial charge is 0.269 e. The molecule has 0 radical (unpaired) electrons. The highest BCUT2D eigenvalue weighted by atomic mass is 16.1. The Morgan fingerprint density at radius 3 is 2.80 bits per heavy atom. The Bertz CT molecular complexity index is 517. The van der Waals surface area contributed by atoms with Gasteiger partial charge in [-0.1, -0.05) is 0 Å². The number of imidazole rings is 1. The summed E-state index contributed by atoms with van der Waals surface area (Å²) in [7, 11) is 0. The third-order valence-corrected chi connectivity index (χ3v) is 2.03. The normalized spacial score (nSPS) is 12.9. The van der Waals surface area contributed by atoms with Crippen LogP contribution in [-0.2, 0) is 0 Å². The molecule has 2 aromatic heterocycles. The molecule has 0 saturated heterocycles. The highest BCUT2D eigenvalue weighted by Crippen LogP contribution is 2.14. The first-order valence-corrected chi connectivity index (χ1v) is 4.34. The van der Waals surface area contributed by atoms with Crippen LogP contribution in [0.4, 0.5) is 0 Å². The zero-order valence-corrected chi connectivity index (χ0v) is 8.08. The minimum Gasteiger partial charge on any atom is -0.364 e. The zero-order chi connectivity index (χ0) is 11.0. The quantitative estimate of drug-likeness (QED) is 0.681. The lowest BCUT2D eigenvalue weighted by Crippen LogP contribution is -2.16. The van der Waals surface area contributed by atoms with Crippen LogP contribution in [-0.4, -0.2) is 25.4 Å². The van der Waals surface area contributed by atoms with Gasteiger partial charge < -0.3 is 11.5 Å². The maximum Gasteiger partial charge on any atom is 0.269 e. The average Bonchev–Trinajstić information content (AvgIpc) is 2.59. The third-order valence-electron chi connectivity index (χ3n) is 2.03. The van der Waals surface area contributed by atoms with E-state index in [1.165, 1.54) is 12.7 Å². The molecule has 0 aliphatic heterocycles. The van der Waals surface area contributed by atoms with Crippen LogP contribution in [0, 0.1) is 0 Å². The van der Waals surface area contributed by atoms with Crippen molar-refractivity contribution in [3.05, 3.63) is 18.3 Å². The molecule has 1 atom stereocenters. The molecule has 15 heavy (non-hydrogen) atoms. The van der Waals surface area contributed by atoms with Crippen LogP contribution < -0.4 is 11.5 Å². The number of carbonyl (C=O) groups is 1. The van der Waals surface area contributed by atoms with Gasteiger partial charge in [0.15, 0.2) is 11.3 Å². The molecule has 2 aromatic rings. The number of fused-ring (bicyclic) bond motifs is 1. The highest BCUT2D eigenvalue weighted by Gasteiger charge is 2.14. The van der Waals surface area contributed by atoms with E-state index in [9.17, 15) is 4.79 Å². The first kappa shape index (κ1) is 9.53. The standard InChI is InChI=1S/C8H10N6O/c1-4(9)14-3-13-6-5(7(10)15)11-2-12-8(6)14/h2-4H,9H2,1H3,(H2,10,15). The van der Waals surface area contributed by atoms with Crippen LogP contribution in [0.2, 0.25) is 0 Å². The van der Waals surface area contributed by atoms with E-state index in [-0.39, 0.29) is 11.9 Å². The molecule has 0 aromatic carbocycles. The summed E-state index contributed by atoms with van der Waals surface area (Å²) in [5.41, 5.74) is 11.8. The summed E-state index contributed by atoms with van der Waals surface area (Å²) in [5.74, 6) is -0.627.